The molecule has 0 unspecified atom stereocenters. The molecule has 1 heterocycles. The van der Waals surface area contributed by atoms with Gasteiger partial charge >= 0.3 is 5.97 Å². The molecule has 1 aliphatic heterocycles. The van der Waals surface area contributed by atoms with E-state index < -0.39 is 11.9 Å². The van der Waals surface area contributed by atoms with E-state index in [4.69, 9.17) is 4.74 Å². The molecule has 0 fully saturated rings. The van der Waals surface area contributed by atoms with Gasteiger partial charge in [0.1, 0.15) is 5.75 Å². The fraction of sp³-hybridized carbons (Fsp3) is 0.429. The number of carbonyl (C=O) groups is 2. The first-order valence-corrected chi connectivity index (χ1v) is 10.7. The predicted octanol–water partition coefficient (Wildman–Crippen LogP) is 5.08. The van der Waals surface area contributed by atoms with Crippen LogP contribution in [0.5, 0.6) is 5.75 Å². The highest BCUT2D eigenvalue weighted by molar-refractivity contribution is 9.11. The zero-order valence-corrected chi connectivity index (χ0v) is 19.5. The number of benzene rings is 1. The zero-order valence-electron chi connectivity index (χ0n) is 16.3. The van der Waals surface area contributed by atoms with Crippen LogP contribution in [0.25, 0.3) is 0 Å². The van der Waals surface area contributed by atoms with E-state index in [-0.39, 0.29) is 23.6 Å². The molecule has 0 saturated carbocycles. The van der Waals surface area contributed by atoms with Crippen LogP contribution in [0.1, 0.15) is 52.0 Å². The van der Waals surface area contributed by atoms with Gasteiger partial charge in [-0.25, -0.2) is 4.79 Å². The molecule has 0 spiro atoms. The smallest absolute Gasteiger partial charge is 0.336 e. The number of phenols is 1. The molecule has 0 bridgehead atoms. The highest BCUT2D eigenvalue weighted by Crippen LogP contribution is 2.50. The normalized spacial score (nSPS) is 21.4. The monoisotopic (exact) mass is 511 g/mol. The van der Waals surface area contributed by atoms with Gasteiger partial charge in [-0.05, 0) is 53.7 Å². The lowest BCUT2D eigenvalue weighted by Crippen LogP contribution is -2.38. The molecule has 0 aromatic heterocycles. The van der Waals surface area contributed by atoms with Crippen molar-refractivity contribution in [1.82, 2.24) is 5.32 Å². The predicted molar refractivity (Wildman–Crippen MR) is 114 cm³/mol. The molecule has 1 aromatic carbocycles. The average molecular weight is 513 g/mol. The first kappa shape index (κ1) is 21.1. The summed E-state index contributed by atoms with van der Waals surface area (Å²) in [5.74, 6) is -1.19. The van der Waals surface area contributed by atoms with E-state index in [9.17, 15) is 14.7 Å². The maximum absolute atomic E-state index is 13.2. The van der Waals surface area contributed by atoms with Crippen molar-refractivity contribution in [3.8, 4) is 5.75 Å². The van der Waals surface area contributed by atoms with Crippen LogP contribution < -0.4 is 5.32 Å². The minimum absolute atomic E-state index is 0.00850. The van der Waals surface area contributed by atoms with Gasteiger partial charge in [-0.15, -0.1) is 0 Å². The fourth-order valence-corrected chi connectivity index (χ4v) is 5.29. The molecule has 7 heteroatoms. The molecule has 1 aromatic rings. The van der Waals surface area contributed by atoms with Crippen molar-refractivity contribution < 1.29 is 19.4 Å². The number of halogens is 2. The van der Waals surface area contributed by atoms with Gasteiger partial charge in [0, 0.05) is 33.4 Å². The zero-order chi connectivity index (χ0) is 20.8. The Hall–Kier alpha value is -1.60. The quantitative estimate of drug-likeness (QED) is 0.552. The Balaban J connectivity index is 2.27. The fourth-order valence-electron chi connectivity index (χ4n) is 4.03. The average Bonchev–Trinajstić information content (AvgIpc) is 2.55. The van der Waals surface area contributed by atoms with Crippen molar-refractivity contribution in [2.45, 2.75) is 46.5 Å². The van der Waals surface area contributed by atoms with Crippen LogP contribution in [0, 0.1) is 5.41 Å². The summed E-state index contributed by atoms with van der Waals surface area (Å²) in [7, 11) is 0. The minimum Gasteiger partial charge on any atom is -0.506 e. The van der Waals surface area contributed by atoms with Gasteiger partial charge in [-0.2, -0.15) is 0 Å². The van der Waals surface area contributed by atoms with Crippen LogP contribution in [0.15, 0.2) is 43.6 Å². The Labute approximate surface area is 181 Å². The number of hydrogen-bond donors (Lipinski definition) is 2. The Morgan fingerprint density at radius 3 is 2.64 bits per heavy atom. The van der Waals surface area contributed by atoms with E-state index in [0.29, 0.717) is 39.7 Å². The van der Waals surface area contributed by atoms with Gasteiger partial charge in [0.25, 0.3) is 0 Å². The summed E-state index contributed by atoms with van der Waals surface area (Å²) in [5, 5.41) is 14.0. The molecule has 1 aliphatic carbocycles. The Morgan fingerprint density at radius 1 is 1.32 bits per heavy atom. The molecule has 0 radical (unpaired) electrons. The van der Waals surface area contributed by atoms with Crippen LogP contribution in [0.2, 0.25) is 0 Å². The molecule has 3 rings (SSSR count). The number of hydrogen-bond acceptors (Lipinski definition) is 5. The van der Waals surface area contributed by atoms with E-state index in [2.05, 4.69) is 51.0 Å². The van der Waals surface area contributed by atoms with Crippen molar-refractivity contribution in [2.24, 2.45) is 5.41 Å². The Kier molecular flexibility index (Phi) is 5.79. The third-order valence-electron chi connectivity index (χ3n) is 5.10. The molecule has 2 aliphatic rings. The number of nitrogens with one attached hydrogen (secondary N) is 1. The van der Waals surface area contributed by atoms with Crippen molar-refractivity contribution in [2.75, 3.05) is 6.61 Å². The number of rotatable bonds is 3. The van der Waals surface area contributed by atoms with E-state index >= 15 is 0 Å². The van der Waals surface area contributed by atoms with Crippen LogP contribution in [0.4, 0.5) is 0 Å². The number of dihydropyridines is 1. The third-order valence-corrected chi connectivity index (χ3v) is 6.17. The second kappa shape index (κ2) is 7.67. The molecule has 0 amide bonds. The van der Waals surface area contributed by atoms with E-state index in [1.165, 1.54) is 0 Å². The summed E-state index contributed by atoms with van der Waals surface area (Å²) >= 11 is 6.81. The molecule has 0 saturated heterocycles. The van der Waals surface area contributed by atoms with Crippen LogP contribution in [0.3, 0.4) is 0 Å². The van der Waals surface area contributed by atoms with Crippen molar-refractivity contribution in [1.29, 1.82) is 0 Å². The minimum atomic E-state index is -0.687. The number of phenolic OH excluding ortho intramolecular Hbond substituents is 1. The largest absolute Gasteiger partial charge is 0.506 e. The SMILES string of the molecule is CCOC(=O)C1=C(C)NC2=C(C(=O)CC(C)(C)C2)[C@@H]1c1cc(Br)cc(Br)c1O. The lowest BCUT2D eigenvalue weighted by Gasteiger charge is -2.39. The Morgan fingerprint density at radius 2 is 2.00 bits per heavy atom. The molecular formula is C21H23Br2NO4. The van der Waals surface area contributed by atoms with Crippen molar-refractivity contribution in [3.05, 3.63) is 49.2 Å². The number of allylic oxidation sites excluding steroid dienone is 3. The number of carbonyl (C=O) groups excluding carboxylic acids is 2. The third kappa shape index (κ3) is 3.79. The number of ether oxygens (including phenoxy) is 1. The first-order chi connectivity index (χ1) is 13.1. The Bertz CT molecular complexity index is 931. The molecule has 150 valence electrons. The van der Waals surface area contributed by atoms with Gasteiger partial charge in [-0.1, -0.05) is 29.8 Å². The van der Waals surface area contributed by atoms with Crippen LogP contribution in [-0.4, -0.2) is 23.5 Å². The molecule has 5 nitrogen and oxygen atoms in total. The topological polar surface area (TPSA) is 75.6 Å². The molecular weight excluding hydrogens is 490 g/mol. The number of Topliss-reactive ketones (excluding diaryl/α,β-unsaturated/α-hetero) is 1. The van der Waals surface area contributed by atoms with Gasteiger partial charge in [0.2, 0.25) is 0 Å². The molecule has 1 atom stereocenters. The summed E-state index contributed by atoms with van der Waals surface area (Å²) in [6, 6.07) is 3.47. The summed E-state index contributed by atoms with van der Waals surface area (Å²) in [6.07, 6.45) is 1.07. The highest BCUT2D eigenvalue weighted by Gasteiger charge is 2.44. The second-order valence-electron chi connectivity index (χ2n) is 7.98. The van der Waals surface area contributed by atoms with E-state index in [0.717, 1.165) is 10.2 Å². The standard InChI is InChI=1S/C21H23Br2NO4/c1-5-28-20(27)16-10(2)24-14-8-21(3,4)9-15(25)18(14)17(16)12-6-11(22)7-13(23)19(12)26/h6-7,17,24,26H,5,8-9H2,1-4H3/t17-/m1/s1. The first-order valence-electron chi connectivity index (χ1n) is 9.14. The maximum Gasteiger partial charge on any atom is 0.336 e. The lowest BCUT2D eigenvalue weighted by atomic mass is 9.68. The van der Waals surface area contributed by atoms with E-state index in [1.54, 1.807) is 26.0 Å². The van der Waals surface area contributed by atoms with Crippen molar-refractivity contribution >= 4 is 43.6 Å². The number of ketones is 1. The van der Waals surface area contributed by atoms with Crippen LogP contribution >= 0.6 is 31.9 Å². The lowest BCUT2D eigenvalue weighted by molar-refractivity contribution is -0.138. The summed E-state index contributed by atoms with van der Waals surface area (Å²) in [5.41, 5.74) is 2.66. The van der Waals surface area contributed by atoms with Gasteiger partial charge in [0.15, 0.2) is 5.78 Å². The molecule has 28 heavy (non-hydrogen) atoms. The highest BCUT2D eigenvalue weighted by atomic mass is 79.9. The summed E-state index contributed by atoms with van der Waals surface area (Å²) in [6.45, 7) is 7.88. The second-order valence-corrected chi connectivity index (χ2v) is 9.75. The van der Waals surface area contributed by atoms with Gasteiger partial charge in [-0.3, -0.25) is 4.79 Å². The summed E-state index contributed by atoms with van der Waals surface area (Å²) < 4.78 is 6.51. The van der Waals surface area contributed by atoms with Gasteiger partial charge in [0.05, 0.1) is 22.6 Å². The maximum atomic E-state index is 13.2. The van der Waals surface area contributed by atoms with Crippen LogP contribution in [-0.2, 0) is 14.3 Å². The number of esters is 1. The van der Waals surface area contributed by atoms with Crippen molar-refractivity contribution in [3.63, 3.8) is 0 Å². The molecule has 2 N–H and O–H groups in total. The number of aromatic hydroxyl groups is 1. The summed E-state index contributed by atoms with van der Waals surface area (Å²) in [4.78, 5) is 26.0. The van der Waals surface area contributed by atoms with Gasteiger partial charge < -0.3 is 15.2 Å². The van der Waals surface area contributed by atoms with E-state index in [1.807, 2.05) is 0 Å².